The molecule has 1 aliphatic rings. The quantitative estimate of drug-likeness (QED) is 0.858. The van der Waals surface area contributed by atoms with Gasteiger partial charge in [-0.2, -0.15) is 0 Å². The number of aromatic nitrogens is 1. The van der Waals surface area contributed by atoms with Gasteiger partial charge in [0.2, 0.25) is 0 Å². The van der Waals surface area contributed by atoms with E-state index in [4.69, 9.17) is 5.11 Å². The van der Waals surface area contributed by atoms with Crippen molar-refractivity contribution in [3.63, 3.8) is 0 Å². The summed E-state index contributed by atoms with van der Waals surface area (Å²) in [5.74, 6) is -2.22. The summed E-state index contributed by atoms with van der Waals surface area (Å²) in [6.07, 6.45) is 6.41. The SMILES string of the molecule is CC(=O)C(C)C(=O)O.CN1CCCC1c1cccnc1. The minimum atomic E-state index is -1.06. The maximum Gasteiger partial charge on any atom is 0.313 e. The van der Waals surface area contributed by atoms with Gasteiger partial charge in [0.25, 0.3) is 0 Å². The van der Waals surface area contributed by atoms with E-state index in [0.29, 0.717) is 6.04 Å². The van der Waals surface area contributed by atoms with Crippen LogP contribution in [-0.2, 0) is 9.59 Å². The van der Waals surface area contributed by atoms with Gasteiger partial charge in [0, 0.05) is 18.4 Å². The number of pyridine rings is 1. The standard InChI is InChI=1S/C10H14N2.C5H8O3/c1-12-7-3-5-10(12)9-4-2-6-11-8-9;1-3(4(2)6)5(7)8/h2,4,6,8,10H,3,5,7H2,1H3;3H,1-2H3,(H,7,8). The van der Waals surface area contributed by atoms with Crippen LogP contribution in [-0.4, -0.2) is 40.3 Å². The number of carboxylic acid groups (broad SMARTS) is 1. The Kier molecular flexibility index (Phi) is 6.31. The predicted molar refractivity (Wildman–Crippen MR) is 76.3 cm³/mol. The Morgan fingerprint density at radius 3 is 2.55 bits per heavy atom. The zero-order valence-electron chi connectivity index (χ0n) is 12.2. The highest BCUT2D eigenvalue weighted by atomic mass is 16.4. The van der Waals surface area contributed by atoms with Crippen molar-refractivity contribution < 1.29 is 14.7 Å². The minimum Gasteiger partial charge on any atom is -0.481 e. The smallest absolute Gasteiger partial charge is 0.313 e. The number of nitrogens with zero attached hydrogens (tertiary/aromatic N) is 2. The van der Waals surface area contributed by atoms with Crippen LogP contribution >= 0.6 is 0 Å². The normalized spacial score (nSPS) is 19.9. The van der Waals surface area contributed by atoms with E-state index in [0.717, 1.165) is 0 Å². The second-order valence-corrected chi connectivity index (χ2v) is 5.10. The van der Waals surface area contributed by atoms with Gasteiger partial charge in [-0.3, -0.25) is 19.5 Å². The fourth-order valence-electron chi connectivity index (χ4n) is 2.08. The van der Waals surface area contributed by atoms with Crippen LogP contribution in [0, 0.1) is 5.92 Å². The van der Waals surface area contributed by atoms with Gasteiger partial charge in [0.15, 0.2) is 0 Å². The molecule has 110 valence electrons. The largest absolute Gasteiger partial charge is 0.481 e. The first-order valence-corrected chi connectivity index (χ1v) is 6.77. The van der Waals surface area contributed by atoms with Crippen LogP contribution in [0.3, 0.4) is 0 Å². The van der Waals surface area contributed by atoms with Gasteiger partial charge in [-0.25, -0.2) is 0 Å². The molecule has 2 atom stereocenters. The van der Waals surface area contributed by atoms with Crippen molar-refractivity contribution in [2.24, 2.45) is 5.92 Å². The molecule has 1 aromatic rings. The van der Waals surface area contributed by atoms with Crippen LogP contribution < -0.4 is 0 Å². The molecule has 2 unspecified atom stereocenters. The number of hydrogen-bond acceptors (Lipinski definition) is 4. The van der Waals surface area contributed by atoms with E-state index in [1.54, 1.807) is 0 Å². The Balaban J connectivity index is 0.000000221. The summed E-state index contributed by atoms with van der Waals surface area (Å²) in [4.78, 5) is 26.7. The van der Waals surface area contributed by atoms with E-state index in [2.05, 4.69) is 23.0 Å². The highest BCUT2D eigenvalue weighted by Crippen LogP contribution is 2.29. The summed E-state index contributed by atoms with van der Waals surface area (Å²) in [7, 11) is 2.19. The Hall–Kier alpha value is -1.75. The van der Waals surface area contributed by atoms with Gasteiger partial charge < -0.3 is 5.11 Å². The Morgan fingerprint density at radius 2 is 2.20 bits per heavy atom. The molecule has 0 aliphatic carbocycles. The Morgan fingerprint density at radius 1 is 1.50 bits per heavy atom. The van der Waals surface area contributed by atoms with Crippen molar-refractivity contribution in [1.29, 1.82) is 0 Å². The van der Waals surface area contributed by atoms with Crippen LogP contribution in [0.15, 0.2) is 24.5 Å². The molecule has 1 aromatic heterocycles. The van der Waals surface area contributed by atoms with Crippen molar-refractivity contribution in [2.75, 3.05) is 13.6 Å². The van der Waals surface area contributed by atoms with Gasteiger partial charge in [-0.15, -0.1) is 0 Å². The third-order valence-corrected chi connectivity index (χ3v) is 3.57. The third kappa shape index (κ3) is 4.74. The monoisotopic (exact) mass is 278 g/mol. The predicted octanol–water partition coefficient (Wildman–Crippen LogP) is 2.14. The van der Waals surface area contributed by atoms with Crippen LogP contribution in [0.1, 0.15) is 38.3 Å². The van der Waals surface area contributed by atoms with Crippen molar-refractivity contribution >= 4 is 11.8 Å². The Bertz CT molecular complexity index is 434. The lowest BCUT2D eigenvalue weighted by Gasteiger charge is -2.18. The van der Waals surface area contributed by atoms with E-state index < -0.39 is 11.9 Å². The summed E-state index contributed by atoms with van der Waals surface area (Å²) < 4.78 is 0. The number of carbonyl (C=O) groups is 2. The number of Topliss-reactive ketones (excluding diaryl/α,β-unsaturated/α-hetero) is 1. The molecule has 1 N–H and O–H groups in total. The fraction of sp³-hybridized carbons (Fsp3) is 0.533. The van der Waals surface area contributed by atoms with E-state index in [1.807, 2.05) is 18.5 Å². The minimum absolute atomic E-state index is 0.308. The van der Waals surface area contributed by atoms with Gasteiger partial charge in [0.05, 0.1) is 0 Å². The molecule has 0 radical (unpaired) electrons. The van der Waals surface area contributed by atoms with E-state index in [9.17, 15) is 9.59 Å². The lowest BCUT2D eigenvalue weighted by atomic mass is 10.1. The second-order valence-electron chi connectivity index (χ2n) is 5.10. The first kappa shape index (κ1) is 16.3. The molecular formula is C15H22N2O3. The van der Waals surface area contributed by atoms with Crippen LogP contribution in [0.5, 0.6) is 0 Å². The first-order valence-electron chi connectivity index (χ1n) is 6.77. The molecule has 0 spiro atoms. The van der Waals surface area contributed by atoms with Gasteiger partial charge in [-0.05, 0) is 51.9 Å². The molecule has 1 saturated heterocycles. The third-order valence-electron chi connectivity index (χ3n) is 3.57. The van der Waals surface area contributed by atoms with Crippen molar-refractivity contribution in [3.8, 4) is 0 Å². The topological polar surface area (TPSA) is 70.5 Å². The molecule has 0 bridgehead atoms. The number of carbonyl (C=O) groups excluding carboxylic acids is 1. The maximum atomic E-state index is 10.2. The van der Waals surface area contributed by atoms with E-state index >= 15 is 0 Å². The average Bonchev–Trinajstić information content (AvgIpc) is 2.85. The number of hydrogen-bond donors (Lipinski definition) is 1. The highest BCUT2D eigenvalue weighted by Gasteiger charge is 2.21. The number of carboxylic acids is 1. The first-order chi connectivity index (χ1) is 9.43. The Labute approximate surface area is 119 Å². The van der Waals surface area contributed by atoms with Crippen molar-refractivity contribution in [1.82, 2.24) is 9.88 Å². The van der Waals surface area contributed by atoms with Gasteiger partial charge >= 0.3 is 5.97 Å². The number of ketones is 1. The molecule has 1 fully saturated rings. The van der Waals surface area contributed by atoms with Gasteiger partial charge in [0.1, 0.15) is 11.7 Å². The molecular weight excluding hydrogens is 256 g/mol. The van der Waals surface area contributed by atoms with Crippen LogP contribution in [0.4, 0.5) is 0 Å². The lowest BCUT2D eigenvalue weighted by Crippen LogP contribution is -2.17. The highest BCUT2D eigenvalue weighted by molar-refractivity contribution is 5.96. The molecule has 1 aliphatic heterocycles. The molecule has 0 amide bonds. The second kappa shape index (κ2) is 7.75. The van der Waals surface area contributed by atoms with Crippen molar-refractivity contribution in [2.45, 2.75) is 32.7 Å². The number of likely N-dealkylation sites (tertiary alicyclic amines) is 1. The maximum absolute atomic E-state index is 10.2. The summed E-state index contributed by atoms with van der Waals surface area (Å²) in [6.45, 7) is 3.85. The molecule has 2 rings (SSSR count). The zero-order valence-corrected chi connectivity index (χ0v) is 12.2. The molecule has 0 aromatic carbocycles. The van der Waals surface area contributed by atoms with Crippen molar-refractivity contribution in [3.05, 3.63) is 30.1 Å². The van der Waals surface area contributed by atoms with Gasteiger partial charge in [-0.1, -0.05) is 6.07 Å². The molecule has 2 heterocycles. The summed E-state index contributed by atoms with van der Waals surface area (Å²) in [5, 5.41) is 8.13. The van der Waals surface area contributed by atoms with E-state index in [-0.39, 0.29) is 5.78 Å². The number of rotatable bonds is 3. The van der Waals surface area contributed by atoms with Crippen LogP contribution in [0.2, 0.25) is 0 Å². The molecule has 5 heteroatoms. The summed E-state index contributed by atoms with van der Waals surface area (Å²) >= 11 is 0. The van der Waals surface area contributed by atoms with Crippen LogP contribution in [0.25, 0.3) is 0 Å². The van der Waals surface area contributed by atoms with E-state index in [1.165, 1.54) is 38.8 Å². The summed E-state index contributed by atoms with van der Waals surface area (Å²) in [5.41, 5.74) is 1.36. The average molecular weight is 278 g/mol. The molecule has 5 nitrogen and oxygen atoms in total. The molecule has 20 heavy (non-hydrogen) atoms. The lowest BCUT2D eigenvalue weighted by molar-refractivity contribution is -0.144. The zero-order chi connectivity index (χ0) is 15.1. The molecule has 0 saturated carbocycles. The fourth-order valence-corrected chi connectivity index (χ4v) is 2.08. The number of aliphatic carboxylic acids is 1. The summed E-state index contributed by atoms with van der Waals surface area (Å²) in [6, 6.07) is 4.79.